The highest BCUT2D eigenvalue weighted by molar-refractivity contribution is 7.80. The highest BCUT2D eigenvalue weighted by Gasteiger charge is 2.13. The van der Waals surface area contributed by atoms with Gasteiger partial charge in [-0.2, -0.15) is 5.10 Å². The Bertz CT molecular complexity index is 519. The molecule has 0 saturated heterocycles. The van der Waals surface area contributed by atoms with Gasteiger partial charge in [0.1, 0.15) is 5.02 Å². The van der Waals surface area contributed by atoms with E-state index in [0.29, 0.717) is 16.4 Å². The summed E-state index contributed by atoms with van der Waals surface area (Å²) in [4.78, 5) is 10.2. The number of hydrogen-bond acceptors (Lipinski definition) is 4. The van der Waals surface area contributed by atoms with Crippen LogP contribution in [-0.2, 0) is 0 Å². The summed E-state index contributed by atoms with van der Waals surface area (Å²) in [5.74, 6) is 0. The van der Waals surface area contributed by atoms with Crippen LogP contribution in [0.3, 0.4) is 0 Å². The fraction of sp³-hybridized carbons (Fsp3) is 0.200. The van der Waals surface area contributed by atoms with E-state index in [-0.39, 0.29) is 10.7 Å². The topological polar surface area (TPSA) is 79.6 Å². The predicted molar refractivity (Wildman–Crippen MR) is 75.1 cm³/mol. The van der Waals surface area contributed by atoms with Crippen molar-refractivity contribution in [3.05, 3.63) is 38.9 Å². The zero-order chi connectivity index (χ0) is 13.7. The number of nitrogens with zero attached hydrogens (tertiary/aromatic N) is 2. The quantitative estimate of drug-likeness (QED) is 0.385. The first-order valence-electron chi connectivity index (χ1n) is 4.92. The fourth-order valence-electron chi connectivity index (χ4n) is 1.13. The molecule has 0 fully saturated rings. The fourth-order valence-corrected chi connectivity index (χ4v) is 1.36. The van der Waals surface area contributed by atoms with Crippen LogP contribution in [0.2, 0.25) is 5.02 Å². The van der Waals surface area contributed by atoms with Crippen LogP contribution in [0.4, 0.5) is 5.69 Å². The zero-order valence-corrected chi connectivity index (χ0v) is 11.3. The third-order valence-electron chi connectivity index (χ3n) is 2.11. The van der Waals surface area contributed by atoms with Gasteiger partial charge in [-0.3, -0.25) is 15.5 Å². The van der Waals surface area contributed by atoms with Crippen molar-refractivity contribution in [3.63, 3.8) is 0 Å². The number of nitro groups is 1. The van der Waals surface area contributed by atoms with Gasteiger partial charge in [0.25, 0.3) is 5.69 Å². The van der Waals surface area contributed by atoms with Gasteiger partial charge in [-0.1, -0.05) is 17.7 Å². The normalized spacial score (nSPS) is 10.9. The van der Waals surface area contributed by atoms with Gasteiger partial charge in [-0.15, -0.1) is 0 Å². The molecule has 0 amide bonds. The minimum atomic E-state index is -0.537. The molecule has 18 heavy (non-hydrogen) atoms. The molecule has 0 bridgehead atoms. The molecule has 0 spiro atoms. The van der Waals surface area contributed by atoms with Crippen LogP contribution in [-0.4, -0.2) is 22.8 Å². The molecule has 2 N–H and O–H groups in total. The Morgan fingerprint density at radius 1 is 1.56 bits per heavy atom. The SMILES string of the molecule is CNC(=S)N/N=C(/C)c1ccc(Cl)c([N+](=O)[O-])c1. The maximum absolute atomic E-state index is 10.7. The average molecular weight is 287 g/mol. The van der Waals surface area contributed by atoms with Gasteiger partial charge < -0.3 is 5.32 Å². The Balaban J connectivity index is 2.99. The molecule has 0 aliphatic carbocycles. The van der Waals surface area contributed by atoms with E-state index >= 15 is 0 Å². The van der Waals surface area contributed by atoms with Crippen LogP contribution in [0.25, 0.3) is 0 Å². The molecular weight excluding hydrogens is 276 g/mol. The lowest BCUT2D eigenvalue weighted by atomic mass is 10.1. The van der Waals surface area contributed by atoms with Gasteiger partial charge in [0, 0.05) is 18.7 Å². The van der Waals surface area contributed by atoms with Crippen molar-refractivity contribution in [3.8, 4) is 0 Å². The summed E-state index contributed by atoms with van der Waals surface area (Å²) < 4.78 is 0. The number of hydrazone groups is 1. The molecule has 1 aromatic carbocycles. The van der Waals surface area contributed by atoms with Crippen LogP contribution in [0, 0.1) is 10.1 Å². The van der Waals surface area contributed by atoms with E-state index in [4.69, 9.17) is 23.8 Å². The Hall–Kier alpha value is -1.73. The molecule has 0 heterocycles. The Labute approximate surface area is 114 Å². The molecule has 1 rings (SSSR count). The first kappa shape index (κ1) is 14.3. The molecule has 8 heteroatoms. The Morgan fingerprint density at radius 3 is 2.78 bits per heavy atom. The summed E-state index contributed by atoms with van der Waals surface area (Å²) in [6.45, 7) is 1.71. The molecular formula is C10H11ClN4O2S. The van der Waals surface area contributed by atoms with E-state index in [9.17, 15) is 10.1 Å². The van der Waals surface area contributed by atoms with Crippen LogP contribution in [0.1, 0.15) is 12.5 Å². The summed E-state index contributed by atoms with van der Waals surface area (Å²) >= 11 is 10.6. The molecule has 0 aliphatic rings. The third kappa shape index (κ3) is 3.64. The van der Waals surface area contributed by atoms with E-state index in [0.717, 1.165) is 0 Å². The number of rotatable bonds is 3. The average Bonchev–Trinajstić information content (AvgIpc) is 2.35. The van der Waals surface area contributed by atoms with Gasteiger partial charge in [0.05, 0.1) is 10.6 Å². The number of halogens is 1. The number of nitro benzene ring substituents is 1. The second-order valence-electron chi connectivity index (χ2n) is 3.31. The largest absolute Gasteiger partial charge is 0.364 e. The molecule has 0 radical (unpaired) electrons. The number of nitrogens with one attached hydrogen (secondary N) is 2. The van der Waals surface area contributed by atoms with Gasteiger partial charge in [-0.05, 0) is 25.2 Å². The highest BCUT2D eigenvalue weighted by Crippen LogP contribution is 2.25. The van der Waals surface area contributed by atoms with Crippen LogP contribution in [0.5, 0.6) is 0 Å². The number of benzene rings is 1. The Kier molecular flexibility index (Phi) is 4.99. The summed E-state index contributed by atoms with van der Waals surface area (Å²) in [7, 11) is 1.66. The van der Waals surface area contributed by atoms with Crippen molar-refractivity contribution in [2.24, 2.45) is 5.10 Å². The molecule has 0 aromatic heterocycles. The summed E-state index contributed by atoms with van der Waals surface area (Å²) in [6.07, 6.45) is 0. The van der Waals surface area contributed by atoms with E-state index in [1.54, 1.807) is 20.0 Å². The zero-order valence-electron chi connectivity index (χ0n) is 9.73. The van der Waals surface area contributed by atoms with E-state index in [2.05, 4.69) is 15.8 Å². The monoisotopic (exact) mass is 286 g/mol. The second kappa shape index (κ2) is 6.27. The van der Waals surface area contributed by atoms with Crippen LogP contribution >= 0.6 is 23.8 Å². The van der Waals surface area contributed by atoms with Crippen molar-refractivity contribution < 1.29 is 4.92 Å². The summed E-state index contributed by atoms with van der Waals surface area (Å²) in [6, 6.07) is 4.48. The molecule has 6 nitrogen and oxygen atoms in total. The second-order valence-corrected chi connectivity index (χ2v) is 4.13. The van der Waals surface area contributed by atoms with Gasteiger partial charge in [0.15, 0.2) is 5.11 Å². The van der Waals surface area contributed by atoms with Gasteiger partial charge in [-0.25, -0.2) is 0 Å². The van der Waals surface area contributed by atoms with Crippen molar-refractivity contribution in [2.45, 2.75) is 6.92 Å². The third-order valence-corrected chi connectivity index (χ3v) is 2.73. The van der Waals surface area contributed by atoms with Crippen molar-refractivity contribution in [2.75, 3.05) is 7.05 Å². The molecule has 1 aromatic rings. The Morgan fingerprint density at radius 2 is 2.22 bits per heavy atom. The minimum Gasteiger partial charge on any atom is -0.364 e. The summed E-state index contributed by atoms with van der Waals surface area (Å²) in [5, 5.41) is 17.9. The lowest BCUT2D eigenvalue weighted by Gasteiger charge is -2.04. The van der Waals surface area contributed by atoms with Crippen LogP contribution < -0.4 is 10.7 Å². The molecule has 0 unspecified atom stereocenters. The minimum absolute atomic E-state index is 0.0928. The van der Waals surface area contributed by atoms with E-state index in [1.165, 1.54) is 12.1 Å². The van der Waals surface area contributed by atoms with Crippen LogP contribution in [0.15, 0.2) is 23.3 Å². The van der Waals surface area contributed by atoms with E-state index < -0.39 is 4.92 Å². The lowest BCUT2D eigenvalue weighted by Crippen LogP contribution is -2.29. The molecule has 96 valence electrons. The maximum atomic E-state index is 10.7. The first-order valence-corrected chi connectivity index (χ1v) is 5.70. The summed E-state index contributed by atoms with van der Waals surface area (Å²) in [5.41, 5.74) is 3.60. The first-order chi connectivity index (χ1) is 8.45. The number of hydrogen-bond donors (Lipinski definition) is 2. The van der Waals surface area contributed by atoms with Crippen molar-refractivity contribution in [1.29, 1.82) is 0 Å². The van der Waals surface area contributed by atoms with Gasteiger partial charge in [0.2, 0.25) is 0 Å². The molecule has 0 atom stereocenters. The highest BCUT2D eigenvalue weighted by atomic mass is 35.5. The van der Waals surface area contributed by atoms with Gasteiger partial charge >= 0.3 is 0 Å². The van der Waals surface area contributed by atoms with E-state index in [1.807, 2.05) is 0 Å². The molecule has 0 saturated carbocycles. The maximum Gasteiger partial charge on any atom is 0.288 e. The molecule has 0 aliphatic heterocycles. The smallest absolute Gasteiger partial charge is 0.288 e. The van der Waals surface area contributed by atoms with Crippen molar-refractivity contribution in [1.82, 2.24) is 10.7 Å². The standard InChI is InChI=1S/C10H11ClN4O2S/c1-6(13-14-10(18)12-2)7-3-4-8(11)9(5-7)15(16)17/h3-5H,1-2H3,(H2,12,14,18)/b13-6-. The predicted octanol–water partition coefficient (Wildman–Crippen LogP) is 2.07. The lowest BCUT2D eigenvalue weighted by molar-refractivity contribution is -0.384. The van der Waals surface area contributed by atoms with Crippen molar-refractivity contribution >= 4 is 40.3 Å². The number of thiocarbonyl (C=S) groups is 1.